The number of hydrogen-bond acceptors (Lipinski definition) is 1. The molecule has 0 aliphatic heterocycles. The lowest BCUT2D eigenvalue weighted by atomic mass is 10.1. The summed E-state index contributed by atoms with van der Waals surface area (Å²) in [6, 6.07) is 4.33. The lowest BCUT2D eigenvalue weighted by Gasteiger charge is -2.11. The molecule has 0 bridgehead atoms. The van der Waals surface area contributed by atoms with E-state index in [1.54, 1.807) is 0 Å². The molecule has 21 heavy (non-hydrogen) atoms. The minimum Gasteiger partial charge on any atom is -0.243 e. The molecule has 0 spiro atoms. The quantitative estimate of drug-likeness (QED) is 0.681. The second-order valence-electron chi connectivity index (χ2n) is 4.13. The van der Waals surface area contributed by atoms with Gasteiger partial charge in [-0.2, -0.15) is 26.3 Å². The number of aromatic nitrogens is 1. The summed E-state index contributed by atoms with van der Waals surface area (Å²) in [4.78, 5) is 3.17. The van der Waals surface area contributed by atoms with E-state index < -0.39 is 35.1 Å². The molecule has 1 nitrogen and oxygen atoms in total. The first-order valence-electron chi connectivity index (χ1n) is 5.50. The average molecular weight is 309 g/mol. The first-order chi connectivity index (χ1) is 9.57. The third kappa shape index (κ3) is 3.50. The fourth-order valence-electron chi connectivity index (χ4n) is 1.65. The van der Waals surface area contributed by atoms with E-state index in [0.717, 1.165) is 18.2 Å². The van der Waals surface area contributed by atoms with Gasteiger partial charge >= 0.3 is 12.4 Å². The Morgan fingerprint density at radius 3 is 2.05 bits per heavy atom. The number of nitrogens with zero attached hydrogens (tertiary/aromatic N) is 1. The lowest BCUT2D eigenvalue weighted by molar-refractivity contribution is -0.141. The van der Waals surface area contributed by atoms with Crippen LogP contribution in [0.3, 0.4) is 0 Å². The SMILES string of the molecule is Fc1cc(-c2cccc(C(F)(F)F)c2)nc(C(F)(F)F)c1. The van der Waals surface area contributed by atoms with E-state index in [2.05, 4.69) is 4.98 Å². The van der Waals surface area contributed by atoms with Crippen LogP contribution in [-0.4, -0.2) is 4.98 Å². The van der Waals surface area contributed by atoms with Crippen LogP contribution in [0.5, 0.6) is 0 Å². The molecule has 0 fully saturated rings. The number of alkyl halides is 6. The highest BCUT2D eigenvalue weighted by atomic mass is 19.4. The number of rotatable bonds is 1. The molecule has 1 heterocycles. The second-order valence-corrected chi connectivity index (χ2v) is 4.13. The predicted molar refractivity (Wildman–Crippen MR) is 59.6 cm³/mol. The van der Waals surface area contributed by atoms with E-state index in [0.29, 0.717) is 12.1 Å². The Kier molecular flexibility index (Phi) is 3.65. The van der Waals surface area contributed by atoms with Crippen LogP contribution >= 0.6 is 0 Å². The maximum absolute atomic E-state index is 13.2. The fraction of sp³-hybridized carbons (Fsp3) is 0.154. The van der Waals surface area contributed by atoms with Crippen LogP contribution in [0.15, 0.2) is 36.4 Å². The molecular weight excluding hydrogens is 303 g/mol. The van der Waals surface area contributed by atoms with Crippen LogP contribution < -0.4 is 0 Å². The second kappa shape index (κ2) is 5.01. The Balaban J connectivity index is 2.55. The Labute approximate surface area is 114 Å². The molecule has 0 saturated carbocycles. The third-order valence-corrected chi connectivity index (χ3v) is 2.57. The van der Waals surface area contributed by atoms with Crippen molar-refractivity contribution >= 4 is 0 Å². The van der Waals surface area contributed by atoms with Crippen LogP contribution in [0, 0.1) is 5.82 Å². The summed E-state index contributed by atoms with van der Waals surface area (Å²) in [5.74, 6) is -1.23. The van der Waals surface area contributed by atoms with Crippen molar-refractivity contribution in [3.8, 4) is 11.3 Å². The summed E-state index contributed by atoms with van der Waals surface area (Å²) in [5.41, 5.74) is -3.34. The van der Waals surface area contributed by atoms with Crippen LogP contribution in [0.25, 0.3) is 11.3 Å². The molecule has 1 aromatic heterocycles. The number of benzene rings is 1. The summed E-state index contributed by atoms with van der Waals surface area (Å²) in [6.07, 6.45) is -9.55. The van der Waals surface area contributed by atoms with Gasteiger partial charge in [0.15, 0.2) is 0 Å². The lowest BCUT2D eigenvalue weighted by Crippen LogP contribution is -2.09. The van der Waals surface area contributed by atoms with Gasteiger partial charge in [0.05, 0.1) is 11.3 Å². The van der Waals surface area contributed by atoms with Crippen molar-refractivity contribution < 1.29 is 30.7 Å². The van der Waals surface area contributed by atoms with E-state index in [-0.39, 0.29) is 11.6 Å². The Morgan fingerprint density at radius 2 is 1.48 bits per heavy atom. The molecule has 112 valence electrons. The van der Waals surface area contributed by atoms with E-state index in [1.165, 1.54) is 0 Å². The predicted octanol–water partition coefficient (Wildman–Crippen LogP) is 4.93. The zero-order valence-corrected chi connectivity index (χ0v) is 10.1. The van der Waals surface area contributed by atoms with E-state index in [9.17, 15) is 30.7 Å². The summed E-state index contributed by atoms with van der Waals surface area (Å²) >= 11 is 0. The molecule has 0 aliphatic carbocycles. The smallest absolute Gasteiger partial charge is 0.243 e. The van der Waals surface area contributed by atoms with Crippen molar-refractivity contribution in [2.24, 2.45) is 0 Å². The van der Waals surface area contributed by atoms with Crippen molar-refractivity contribution in [3.63, 3.8) is 0 Å². The molecule has 2 aromatic rings. The minimum absolute atomic E-state index is 0.178. The van der Waals surface area contributed by atoms with Gasteiger partial charge in [-0.15, -0.1) is 0 Å². The summed E-state index contributed by atoms with van der Waals surface area (Å²) in [7, 11) is 0. The molecule has 0 unspecified atom stereocenters. The van der Waals surface area contributed by atoms with Crippen molar-refractivity contribution in [2.45, 2.75) is 12.4 Å². The van der Waals surface area contributed by atoms with Gasteiger partial charge in [-0.3, -0.25) is 0 Å². The van der Waals surface area contributed by atoms with E-state index in [4.69, 9.17) is 0 Å². The minimum atomic E-state index is -4.89. The molecule has 0 aliphatic rings. The van der Waals surface area contributed by atoms with Crippen molar-refractivity contribution in [1.82, 2.24) is 4.98 Å². The van der Waals surface area contributed by atoms with Crippen LogP contribution in [0.4, 0.5) is 30.7 Å². The standard InChI is InChI=1S/C13H6F7N/c14-9-5-10(21-11(6-9)13(18,19)20)7-2-1-3-8(4-7)12(15,16)17/h1-6H. The van der Waals surface area contributed by atoms with Crippen LogP contribution in [0.2, 0.25) is 0 Å². The average Bonchev–Trinajstić information content (AvgIpc) is 2.36. The normalized spacial score (nSPS) is 12.5. The van der Waals surface area contributed by atoms with Crippen LogP contribution in [0.1, 0.15) is 11.3 Å². The zero-order valence-electron chi connectivity index (χ0n) is 10.1. The molecular formula is C13H6F7N. The van der Waals surface area contributed by atoms with E-state index >= 15 is 0 Å². The number of hydrogen-bond donors (Lipinski definition) is 0. The molecule has 0 amide bonds. The maximum Gasteiger partial charge on any atom is 0.433 e. The van der Waals surface area contributed by atoms with Gasteiger partial charge in [0, 0.05) is 17.7 Å². The number of halogens is 7. The Hall–Kier alpha value is -2.12. The molecule has 0 N–H and O–H groups in total. The highest BCUT2D eigenvalue weighted by Gasteiger charge is 2.34. The number of pyridine rings is 1. The Morgan fingerprint density at radius 1 is 0.810 bits per heavy atom. The zero-order chi connectivity index (χ0) is 15.8. The molecule has 2 rings (SSSR count). The van der Waals surface area contributed by atoms with Gasteiger partial charge in [0.25, 0.3) is 0 Å². The van der Waals surface area contributed by atoms with Gasteiger partial charge in [-0.1, -0.05) is 12.1 Å². The highest BCUT2D eigenvalue weighted by molar-refractivity contribution is 5.60. The van der Waals surface area contributed by atoms with Gasteiger partial charge in [-0.05, 0) is 12.1 Å². The summed E-state index contributed by atoms with van der Waals surface area (Å²) in [5, 5.41) is 0. The van der Waals surface area contributed by atoms with E-state index in [1.807, 2.05) is 0 Å². The monoisotopic (exact) mass is 309 g/mol. The molecule has 8 heteroatoms. The fourth-order valence-corrected chi connectivity index (χ4v) is 1.65. The highest BCUT2D eigenvalue weighted by Crippen LogP contribution is 2.33. The van der Waals surface area contributed by atoms with Crippen molar-refractivity contribution in [3.05, 3.63) is 53.5 Å². The largest absolute Gasteiger partial charge is 0.433 e. The van der Waals surface area contributed by atoms with Gasteiger partial charge in [0.2, 0.25) is 0 Å². The third-order valence-electron chi connectivity index (χ3n) is 2.57. The maximum atomic E-state index is 13.2. The van der Waals surface area contributed by atoms with Crippen molar-refractivity contribution in [1.29, 1.82) is 0 Å². The molecule has 1 aromatic carbocycles. The Bertz CT molecular complexity index is 658. The van der Waals surface area contributed by atoms with Gasteiger partial charge < -0.3 is 0 Å². The molecule has 0 atom stereocenters. The van der Waals surface area contributed by atoms with Crippen LogP contribution in [-0.2, 0) is 12.4 Å². The van der Waals surface area contributed by atoms with Gasteiger partial charge in [0.1, 0.15) is 11.5 Å². The first kappa shape index (κ1) is 15.3. The first-order valence-corrected chi connectivity index (χ1v) is 5.50. The van der Waals surface area contributed by atoms with Crippen molar-refractivity contribution in [2.75, 3.05) is 0 Å². The molecule has 0 saturated heterocycles. The molecule has 0 radical (unpaired) electrons. The summed E-state index contributed by atoms with van der Waals surface area (Å²) in [6.45, 7) is 0. The summed E-state index contributed by atoms with van der Waals surface area (Å²) < 4.78 is 88.5. The van der Waals surface area contributed by atoms with Gasteiger partial charge in [-0.25, -0.2) is 9.37 Å². The topological polar surface area (TPSA) is 12.9 Å².